The van der Waals surface area contributed by atoms with Gasteiger partial charge in [-0.1, -0.05) is 12.1 Å². The van der Waals surface area contributed by atoms with Crippen molar-refractivity contribution < 1.29 is 9.42 Å². The van der Waals surface area contributed by atoms with Gasteiger partial charge in [-0.25, -0.2) is 4.63 Å². The number of rotatable bonds is 5. The van der Waals surface area contributed by atoms with Gasteiger partial charge in [0, 0.05) is 45.2 Å². The molecule has 2 aliphatic rings. The van der Waals surface area contributed by atoms with Crippen LogP contribution in [0.4, 0.5) is 5.69 Å². The van der Waals surface area contributed by atoms with Crippen molar-refractivity contribution in [2.75, 3.05) is 51.7 Å². The Labute approximate surface area is 176 Å². The highest BCUT2D eigenvalue weighted by atomic mass is 16.6. The fourth-order valence-electron chi connectivity index (χ4n) is 4.56. The molecular formula is C23H27N5O2. The van der Waals surface area contributed by atoms with Crippen LogP contribution < -0.4 is 4.90 Å². The largest absolute Gasteiger partial charge is 0.369 e. The summed E-state index contributed by atoms with van der Waals surface area (Å²) in [5.74, 6) is 0.709. The third-order valence-corrected chi connectivity index (χ3v) is 6.23. The summed E-state index contributed by atoms with van der Waals surface area (Å²) >= 11 is 0. The van der Waals surface area contributed by atoms with Gasteiger partial charge in [0.2, 0.25) is 0 Å². The maximum atomic E-state index is 12.2. The number of carbonyl (C=O) groups excluding carboxylic acids is 1. The van der Waals surface area contributed by atoms with E-state index in [1.54, 1.807) is 19.0 Å². The van der Waals surface area contributed by atoms with E-state index in [1.807, 2.05) is 30.3 Å². The van der Waals surface area contributed by atoms with Crippen molar-refractivity contribution in [3.8, 4) is 11.1 Å². The van der Waals surface area contributed by atoms with E-state index in [-0.39, 0.29) is 5.91 Å². The van der Waals surface area contributed by atoms with E-state index in [0.29, 0.717) is 11.5 Å². The molecule has 3 aromatic rings. The molecule has 0 bridgehead atoms. The molecule has 0 N–H and O–H groups in total. The molecule has 7 heteroatoms. The second kappa shape index (κ2) is 7.72. The second-order valence-electron chi connectivity index (χ2n) is 8.68. The fraction of sp³-hybridized carbons (Fsp3) is 0.435. The minimum Gasteiger partial charge on any atom is -0.369 e. The van der Waals surface area contributed by atoms with Crippen molar-refractivity contribution in [3.63, 3.8) is 0 Å². The van der Waals surface area contributed by atoms with Crippen molar-refractivity contribution in [3.05, 3.63) is 42.0 Å². The van der Waals surface area contributed by atoms with E-state index < -0.39 is 0 Å². The lowest BCUT2D eigenvalue weighted by Gasteiger charge is -2.42. The SMILES string of the molecule is CN(C)C(=O)c1ccc(-c2cc(N3CC(CN4CCCC4)C3)c3nonc3c2)cc1. The first kappa shape index (κ1) is 19.1. The maximum Gasteiger partial charge on any atom is 0.253 e. The summed E-state index contributed by atoms with van der Waals surface area (Å²) < 4.78 is 5.04. The standard InChI is InChI=1S/C23H27N5O2/c1-26(2)23(29)18-7-5-17(6-8-18)19-11-20-22(25-30-24-20)21(12-19)28-14-16(15-28)13-27-9-3-4-10-27/h5-8,11-12,16H,3-4,9-10,13-15H2,1-2H3. The zero-order chi connectivity index (χ0) is 20.7. The Hall–Kier alpha value is -2.93. The highest BCUT2D eigenvalue weighted by Gasteiger charge is 2.31. The van der Waals surface area contributed by atoms with Gasteiger partial charge in [0.15, 0.2) is 5.52 Å². The third-order valence-electron chi connectivity index (χ3n) is 6.23. The van der Waals surface area contributed by atoms with Crippen LogP contribution in [0.1, 0.15) is 23.2 Å². The van der Waals surface area contributed by atoms with E-state index in [9.17, 15) is 4.79 Å². The first-order chi connectivity index (χ1) is 14.6. The second-order valence-corrected chi connectivity index (χ2v) is 8.68. The molecular weight excluding hydrogens is 378 g/mol. The van der Waals surface area contributed by atoms with Gasteiger partial charge in [0.25, 0.3) is 5.91 Å². The topological polar surface area (TPSA) is 65.7 Å². The van der Waals surface area contributed by atoms with Gasteiger partial charge >= 0.3 is 0 Å². The van der Waals surface area contributed by atoms with Crippen molar-refractivity contribution in [2.45, 2.75) is 12.8 Å². The van der Waals surface area contributed by atoms with Crippen LogP contribution in [-0.2, 0) is 0 Å². The summed E-state index contributed by atoms with van der Waals surface area (Å²) in [6.45, 7) is 5.76. The molecule has 0 radical (unpaired) electrons. The number of hydrogen-bond acceptors (Lipinski definition) is 6. The van der Waals surface area contributed by atoms with Crippen molar-refractivity contribution >= 4 is 22.6 Å². The third kappa shape index (κ3) is 3.54. The summed E-state index contributed by atoms with van der Waals surface area (Å²) in [7, 11) is 3.52. The van der Waals surface area contributed by atoms with Gasteiger partial charge in [-0.3, -0.25) is 4.79 Å². The lowest BCUT2D eigenvalue weighted by Crippen LogP contribution is -2.51. The van der Waals surface area contributed by atoms with E-state index in [4.69, 9.17) is 4.63 Å². The molecule has 0 atom stereocenters. The molecule has 30 heavy (non-hydrogen) atoms. The van der Waals surface area contributed by atoms with Gasteiger partial charge in [-0.05, 0) is 71.6 Å². The van der Waals surface area contributed by atoms with Gasteiger partial charge in [-0.2, -0.15) is 0 Å². The van der Waals surface area contributed by atoms with Crippen LogP contribution in [0.3, 0.4) is 0 Å². The Balaban J connectivity index is 1.38. The average Bonchev–Trinajstić information content (AvgIpc) is 3.41. The summed E-state index contributed by atoms with van der Waals surface area (Å²) in [5.41, 5.74) is 5.44. The van der Waals surface area contributed by atoms with Crippen LogP contribution in [0.5, 0.6) is 0 Å². The molecule has 0 saturated carbocycles. The number of carbonyl (C=O) groups is 1. The minimum absolute atomic E-state index is 0.00279. The van der Waals surface area contributed by atoms with Crippen LogP contribution in [0.2, 0.25) is 0 Å². The molecule has 0 spiro atoms. The molecule has 0 aliphatic carbocycles. The number of amides is 1. The van der Waals surface area contributed by atoms with Crippen LogP contribution in [0, 0.1) is 5.92 Å². The fourth-order valence-corrected chi connectivity index (χ4v) is 4.56. The Morgan fingerprint density at radius 2 is 1.80 bits per heavy atom. The normalized spacial score (nSPS) is 17.5. The predicted octanol–water partition coefficient (Wildman–Crippen LogP) is 3.12. The minimum atomic E-state index is 0.00279. The molecule has 1 aromatic heterocycles. The van der Waals surface area contributed by atoms with Crippen LogP contribution >= 0.6 is 0 Å². The predicted molar refractivity (Wildman–Crippen MR) is 117 cm³/mol. The van der Waals surface area contributed by atoms with Gasteiger partial charge < -0.3 is 14.7 Å². The number of hydrogen-bond donors (Lipinski definition) is 0. The quantitative estimate of drug-likeness (QED) is 0.650. The molecule has 2 aromatic carbocycles. The zero-order valence-corrected chi connectivity index (χ0v) is 17.5. The van der Waals surface area contributed by atoms with E-state index in [2.05, 4.69) is 26.2 Å². The molecule has 2 saturated heterocycles. The highest BCUT2D eigenvalue weighted by Crippen LogP contribution is 2.35. The number of aromatic nitrogens is 2. The van der Waals surface area contributed by atoms with E-state index >= 15 is 0 Å². The van der Waals surface area contributed by atoms with Gasteiger partial charge in [0.1, 0.15) is 5.52 Å². The summed E-state index contributed by atoms with van der Waals surface area (Å²) in [5, 5.41) is 8.25. The monoisotopic (exact) mass is 405 g/mol. The van der Waals surface area contributed by atoms with Gasteiger partial charge in [-0.15, -0.1) is 0 Å². The average molecular weight is 406 g/mol. The van der Waals surface area contributed by atoms with Crippen LogP contribution in [-0.4, -0.2) is 72.8 Å². The molecule has 2 fully saturated rings. The number of fused-ring (bicyclic) bond motifs is 1. The molecule has 5 rings (SSSR count). The van der Waals surface area contributed by atoms with Crippen molar-refractivity contribution in [1.82, 2.24) is 20.1 Å². The Kier molecular flexibility index (Phi) is 4.90. The zero-order valence-electron chi connectivity index (χ0n) is 17.5. The number of nitrogens with zero attached hydrogens (tertiary/aromatic N) is 5. The van der Waals surface area contributed by atoms with Crippen LogP contribution in [0.15, 0.2) is 41.0 Å². The summed E-state index contributed by atoms with van der Waals surface area (Å²) in [6.07, 6.45) is 2.67. The van der Waals surface area contributed by atoms with Crippen molar-refractivity contribution in [1.29, 1.82) is 0 Å². The molecule has 156 valence electrons. The molecule has 3 heterocycles. The number of benzene rings is 2. The molecule has 7 nitrogen and oxygen atoms in total. The van der Waals surface area contributed by atoms with Crippen LogP contribution in [0.25, 0.3) is 22.2 Å². The van der Waals surface area contributed by atoms with E-state index in [1.165, 1.54) is 32.5 Å². The number of anilines is 1. The van der Waals surface area contributed by atoms with Crippen molar-refractivity contribution in [2.24, 2.45) is 5.92 Å². The highest BCUT2D eigenvalue weighted by molar-refractivity contribution is 5.95. The summed E-state index contributed by atoms with van der Waals surface area (Å²) in [4.78, 5) is 18.7. The van der Waals surface area contributed by atoms with E-state index in [0.717, 1.165) is 40.9 Å². The Bertz CT molecular complexity index is 1050. The Morgan fingerprint density at radius 3 is 2.50 bits per heavy atom. The molecule has 1 amide bonds. The number of likely N-dealkylation sites (tertiary alicyclic amines) is 1. The Morgan fingerprint density at radius 1 is 1.07 bits per heavy atom. The molecule has 0 unspecified atom stereocenters. The first-order valence-corrected chi connectivity index (χ1v) is 10.6. The lowest BCUT2D eigenvalue weighted by atomic mass is 9.96. The smallest absolute Gasteiger partial charge is 0.253 e. The maximum absolute atomic E-state index is 12.2. The summed E-state index contributed by atoms with van der Waals surface area (Å²) in [6, 6.07) is 11.9. The molecule has 2 aliphatic heterocycles. The first-order valence-electron chi connectivity index (χ1n) is 10.6. The van der Waals surface area contributed by atoms with Gasteiger partial charge in [0.05, 0.1) is 5.69 Å². The lowest BCUT2D eigenvalue weighted by molar-refractivity contribution is 0.0827.